The first-order chi connectivity index (χ1) is 10.8. The molecule has 0 radical (unpaired) electrons. The van der Waals surface area contributed by atoms with Gasteiger partial charge in [0.2, 0.25) is 0 Å². The van der Waals surface area contributed by atoms with Gasteiger partial charge in [-0.3, -0.25) is 0 Å². The second-order valence-electron chi connectivity index (χ2n) is 5.33. The molecule has 0 saturated carbocycles. The lowest BCUT2D eigenvalue weighted by molar-refractivity contribution is -0.137. The fraction of sp³-hybridized carbons (Fsp3) is 0.625. The van der Waals surface area contributed by atoms with Crippen molar-refractivity contribution in [3.8, 4) is 0 Å². The van der Waals surface area contributed by atoms with Gasteiger partial charge >= 0.3 is 15.0 Å². The number of alkyl halides is 3. The van der Waals surface area contributed by atoms with Crippen LogP contribution in [0.4, 0.5) is 13.2 Å². The molecule has 0 saturated heterocycles. The molecule has 1 aromatic rings. The van der Waals surface area contributed by atoms with Gasteiger partial charge in [0.15, 0.2) is 0 Å². The number of unbranched alkanes of at least 4 members (excludes halogenated alkanes) is 2. The first-order valence-corrected chi connectivity index (χ1v) is 9.94. The maximum Gasteiger partial charge on any atom is 0.498 e. The predicted molar refractivity (Wildman–Crippen MR) is 85.0 cm³/mol. The van der Waals surface area contributed by atoms with E-state index in [1.807, 2.05) is 13.8 Å². The van der Waals surface area contributed by atoms with Crippen LogP contribution in [0.3, 0.4) is 0 Å². The monoisotopic (exact) mass is 350 g/mol. The van der Waals surface area contributed by atoms with Gasteiger partial charge in [0.25, 0.3) is 0 Å². The van der Waals surface area contributed by atoms with Crippen LogP contribution in [0.2, 0.25) is 6.04 Å². The van der Waals surface area contributed by atoms with Crippen molar-refractivity contribution >= 4 is 8.80 Å². The highest BCUT2D eigenvalue weighted by molar-refractivity contribution is 6.59. The van der Waals surface area contributed by atoms with Crippen molar-refractivity contribution in [3.63, 3.8) is 0 Å². The molecule has 1 aromatic carbocycles. The minimum absolute atomic E-state index is 0.425. The Morgan fingerprint density at radius 1 is 0.957 bits per heavy atom. The van der Waals surface area contributed by atoms with Crippen molar-refractivity contribution in [1.82, 2.24) is 0 Å². The molecular weight excluding hydrogens is 325 g/mol. The molecule has 0 aliphatic heterocycles. The van der Waals surface area contributed by atoms with E-state index in [0.29, 0.717) is 19.3 Å². The molecule has 0 unspecified atom stereocenters. The molecule has 0 aliphatic rings. The first-order valence-electron chi connectivity index (χ1n) is 7.97. The lowest BCUT2D eigenvalue weighted by Crippen LogP contribution is -2.42. The molecule has 0 bridgehead atoms. The molecule has 0 atom stereocenters. The molecule has 0 fully saturated rings. The molecule has 3 nitrogen and oxygen atoms in total. The van der Waals surface area contributed by atoms with Crippen LogP contribution in [0.5, 0.6) is 0 Å². The number of benzene rings is 1. The van der Waals surface area contributed by atoms with Crippen LogP contribution in [0.1, 0.15) is 44.2 Å². The van der Waals surface area contributed by atoms with Gasteiger partial charge in [0.1, 0.15) is 0 Å². The maximum absolute atomic E-state index is 12.5. The largest absolute Gasteiger partial charge is 0.498 e. The molecule has 0 aliphatic carbocycles. The van der Waals surface area contributed by atoms with Crippen LogP contribution in [0, 0.1) is 0 Å². The molecule has 132 valence electrons. The molecule has 0 aromatic heterocycles. The lowest BCUT2D eigenvalue weighted by atomic mass is 10.1. The van der Waals surface area contributed by atoms with Crippen LogP contribution in [0.25, 0.3) is 0 Å². The van der Waals surface area contributed by atoms with E-state index in [2.05, 4.69) is 0 Å². The van der Waals surface area contributed by atoms with E-state index in [1.165, 1.54) is 12.1 Å². The third kappa shape index (κ3) is 7.47. The molecule has 0 spiro atoms. The molecule has 1 N–H and O–H groups in total. The van der Waals surface area contributed by atoms with E-state index < -0.39 is 20.5 Å². The number of hydrogen-bond acceptors (Lipinski definition) is 3. The van der Waals surface area contributed by atoms with Crippen molar-refractivity contribution in [2.24, 2.45) is 0 Å². The Balaban J connectivity index is 2.32. The fourth-order valence-corrected chi connectivity index (χ4v) is 4.32. The Bertz CT molecular complexity index is 443. The number of rotatable bonds is 10. The van der Waals surface area contributed by atoms with Crippen molar-refractivity contribution in [2.45, 2.75) is 51.8 Å². The van der Waals surface area contributed by atoms with Gasteiger partial charge in [0, 0.05) is 19.3 Å². The summed E-state index contributed by atoms with van der Waals surface area (Å²) in [5.41, 5.74) is 0.269. The van der Waals surface area contributed by atoms with Crippen LogP contribution in [-0.4, -0.2) is 26.8 Å². The van der Waals surface area contributed by atoms with Crippen molar-refractivity contribution < 1.29 is 26.8 Å². The SMILES string of the molecule is CCO[Si](O)(CCCCCc1ccc(C(F)(F)F)cc1)OCC. The average Bonchev–Trinajstić information content (AvgIpc) is 2.47. The number of hydrogen-bond donors (Lipinski definition) is 1. The van der Waals surface area contributed by atoms with E-state index in [1.54, 1.807) is 0 Å². The van der Waals surface area contributed by atoms with E-state index >= 15 is 0 Å². The van der Waals surface area contributed by atoms with Crippen LogP contribution in [0.15, 0.2) is 24.3 Å². The van der Waals surface area contributed by atoms with Crippen molar-refractivity contribution in [1.29, 1.82) is 0 Å². The summed E-state index contributed by atoms with van der Waals surface area (Å²) >= 11 is 0. The molecule has 7 heteroatoms. The van der Waals surface area contributed by atoms with Crippen LogP contribution in [-0.2, 0) is 21.4 Å². The summed E-state index contributed by atoms with van der Waals surface area (Å²) in [5, 5.41) is 0. The summed E-state index contributed by atoms with van der Waals surface area (Å²) in [4.78, 5) is 10.2. The van der Waals surface area contributed by atoms with E-state index in [9.17, 15) is 18.0 Å². The molecule has 1 rings (SSSR count). The Morgan fingerprint density at radius 2 is 1.52 bits per heavy atom. The van der Waals surface area contributed by atoms with Gasteiger partial charge in [-0.25, -0.2) is 0 Å². The zero-order valence-electron chi connectivity index (χ0n) is 13.7. The number of halogens is 3. The summed E-state index contributed by atoms with van der Waals surface area (Å²) < 4.78 is 48.1. The molecule has 0 amide bonds. The minimum Gasteiger partial charge on any atom is -0.390 e. The Morgan fingerprint density at radius 3 is 2.00 bits per heavy atom. The van der Waals surface area contributed by atoms with Gasteiger partial charge in [0.05, 0.1) is 5.56 Å². The molecule has 23 heavy (non-hydrogen) atoms. The van der Waals surface area contributed by atoms with Gasteiger partial charge < -0.3 is 13.6 Å². The summed E-state index contributed by atoms with van der Waals surface area (Å²) in [6.45, 7) is 4.49. The van der Waals surface area contributed by atoms with E-state index in [-0.39, 0.29) is 0 Å². The third-order valence-corrected chi connectivity index (χ3v) is 5.94. The highest BCUT2D eigenvalue weighted by Gasteiger charge is 2.35. The Kier molecular flexibility index (Phi) is 8.25. The van der Waals surface area contributed by atoms with Crippen molar-refractivity contribution in [3.05, 3.63) is 35.4 Å². The summed E-state index contributed by atoms with van der Waals surface area (Å²) in [7, 11) is -3.03. The van der Waals surface area contributed by atoms with E-state index in [4.69, 9.17) is 8.85 Å². The zero-order valence-corrected chi connectivity index (χ0v) is 14.7. The fourth-order valence-electron chi connectivity index (χ4n) is 2.35. The second kappa shape index (κ2) is 9.41. The summed E-state index contributed by atoms with van der Waals surface area (Å²) in [6, 6.07) is 5.79. The van der Waals surface area contributed by atoms with Gasteiger partial charge in [-0.2, -0.15) is 13.2 Å². The standard InChI is InChI=1S/C16H25F3O3Si/c1-3-21-23(20,22-4-2)13-7-5-6-8-14-9-11-15(12-10-14)16(17,18)19/h9-12,20H,3-8,13H2,1-2H3. The average molecular weight is 350 g/mol. The lowest BCUT2D eigenvalue weighted by Gasteiger charge is -2.22. The summed E-state index contributed by atoms with van der Waals surface area (Å²) in [5.74, 6) is 0. The van der Waals surface area contributed by atoms with E-state index in [0.717, 1.165) is 43.4 Å². The van der Waals surface area contributed by atoms with Gasteiger partial charge in [-0.15, -0.1) is 0 Å². The number of aryl methyl sites for hydroxylation is 1. The highest BCUT2D eigenvalue weighted by atomic mass is 28.4. The van der Waals surface area contributed by atoms with Gasteiger partial charge in [-0.1, -0.05) is 18.6 Å². The summed E-state index contributed by atoms with van der Waals surface area (Å²) in [6.07, 6.45) is -1.05. The third-order valence-electron chi connectivity index (χ3n) is 3.48. The predicted octanol–water partition coefficient (Wildman–Crippen LogP) is 4.42. The van der Waals surface area contributed by atoms with Gasteiger partial charge in [-0.05, 0) is 50.8 Å². The van der Waals surface area contributed by atoms with Crippen molar-refractivity contribution in [2.75, 3.05) is 13.2 Å². The first kappa shape index (κ1) is 20.2. The highest BCUT2D eigenvalue weighted by Crippen LogP contribution is 2.29. The smallest absolute Gasteiger partial charge is 0.390 e. The topological polar surface area (TPSA) is 38.7 Å². The quantitative estimate of drug-likeness (QED) is 0.501. The van der Waals surface area contributed by atoms with Crippen LogP contribution >= 0.6 is 0 Å². The maximum atomic E-state index is 12.5. The normalized spacial score (nSPS) is 12.6. The minimum atomic E-state index is -4.29. The second-order valence-corrected chi connectivity index (χ2v) is 7.84. The Labute approximate surface area is 136 Å². The van der Waals surface area contributed by atoms with Crippen LogP contribution < -0.4 is 0 Å². The molecule has 0 heterocycles. The molecular formula is C16H25F3O3Si. The Hall–Kier alpha value is -0.893. The zero-order chi connectivity index (χ0) is 17.3.